The molecule has 2 aromatic carbocycles. The standard InChI is InChI=1S/C20H18OS/c1-14-7-9-17(22-14)13-16-8-10-18(15-5-3-2-4-6-15)19-11-12-21-20(16)19/h2-10H,11-13H2,1H3. The molecule has 0 fully saturated rings. The Morgan fingerprint density at radius 3 is 2.64 bits per heavy atom. The maximum Gasteiger partial charge on any atom is 0.126 e. The van der Waals surface area contributed by atoms with Crippen molar-refractivity contribution in [3.8, 4) is 16.9 Å². The fourth-order valence-electron chi connectivity index (χ4n) is 3.15. The van der Waals surface area contributed by atoms with Gasteiger partial charge in [0.05, 0.1) is 6.61 Å². The van der Waals surface area contributed by atoms with Crippen LogP contribution in [-0.2, 0) is 12.8 Å². The average molecular weight is 306 g/mol. The zero-order chi connectivity index (χ0) is 14.9. The summed E-state index contributed by atoms with van der Waals surface area (Å²) in [5.74, 6) is 1.12. The predicted octanol–water partition coefficient (Wildman–Crippen LogP) is 5.25. The van der Waals surface area contributed by atoms with E-state index in [1.54, 1.807) is 0 Å². The van der Waals surface area contributed by atoms with Crippen molar-refractivity contribution in [2.24, 2.45) is 0 Å². The van der Waals surface area contributed by atoms with Crippen molar-refractivity contribution < 1.29 is 4.74 Å². The predicted molar refractivity (Wildman–Crippen MR) is 92.9 cm³/mol. The lowest BCUT2D eigenvalue weighted by Gasteiger charge is -2.12. The summed E-state index contributed by atoms with van der Waals surface area (Å²) in [6.45, 7) is 2.96. The lowest BCUT2D eigenvalue weighted by Crippen LogP contribution is -1.93. The summed E-state index contributed by atoms with van der Waals surface area (Å²) in [6, 6.07) is 19.5. The Hall–Kier alpha value is -2.06. The van der Waals surface area contributed by atoms with E-state index >= 15 is 0 Å². The lowest BCUT2D eigenvalue weighted by atomic mass is 9.94. The Morgan fingerprint density at radius 1 is 1.00 bits per heavy atom. The molecule has 0 aliphatic carbocycles. The van der Waals surface area contributed by atoms with Gasteiger partial charge in [0.25, 0.3) is 0 Å². The van der Waals surface area contributed by atoms with Crippen LogP contribution in [-0.4, -0.2) is 6.61 Å². The number of ether oxygens (including phenoxy) is 1. The summed E-state index contributed by atoms with van der Waals surface area (Å²) in [5, 5.41) is 0. The fourth-order valence-corrected chi connectivity index (χ4v) is 4.07. The topological polar surface area (TPSA) is 9.23 Å². The highest BCUT2D eigenvalue weighted by Gasteiger charge is 2.21. The van der Waals surface area contributed by atoms with E-state index in [9.17, 15) is 0 Å². The molecule has 1 nitrogen and oxygen atoms in total. The zero-order valence-electron chi connectivity index (χ0n) is 12.6. The molecule has 1 aliphatic heterocycles. The highest BCUT2D eigenvalue weighted by molar-refractivity contribution is 7.11. The third kappa shape index (κ3) is 2.44. The van der Waals surface area contributed by atoms with Gasteiger partial charge in [-0.25, -0.2) is 0 Å². The van der Waals surface area contributed by atoms with E-state index in [1.165, 1.54) is 32.0 Å². The van der Waals surface area contributed by atoms with Crippen molar-refractivity contribution in [1.29, 1.82) is 0 Å². The minimum Gasteiger partial charge on any atom is -0.493 e. The maximum absolute atomic E-state index is 5.98. The van der Waals surface area contributed by atoms with Crippen molar-refractivity contribution in [2.45, 2.75) is 19.8 Å². The second-order valence-corrected chi connectivity index (χ2v) is 7.11. The zero-order valence-corrected chi connectivity index (χ0v) is 13.5. The Bertz CT molecular complexity index is 802. The third-order valence-corrected chi connectivity index (χ3v) is 5.19. The monoisotopic (exact) mass is 306 g/mol. The van der Waals surface area contributed by atoms with Gasteiger partial charge < -0.3 is 4.74 Å². The van der Waals surface area contributed by atoms with Crippen molar-refractivity contribution in [2.75, 3.05) is 6.61 Å². The van der Waals surface area contributed by atoms with Crippen LogP contribution in [0.4, 0.5) is 0 Å². The van der Waals surface area contributed by atoms with Crippen LogP contribution in [0, 0.1) is 6.92 Å². The van der Waals surface area contributed by atoms with E-state index in [0.29, 0.717) is 0 Å². The molecular formula is C20H18OS. The van der Waals surface area contributed by atoms with Crippen LogP contribution in [0.3, 0.4) is 0 Å². The van der Waals surface area contributed by atoms with Gasteiger partial charge >= 0.3 is 0 Å². The first-order valence-corrected chi connectivity index (χ1v) is 8.51. The van der Waals surface area contributed by atoms with Crippen molar-refractivity contribution in [3.63, 3.8) is 0 Å². The number of thiophene rings is 1. The molecule has 22 heavy (non-hydrogen) atoms. The molecule has 0 bridgehead atoms. The van der Waals surface area contributed by atoms with Crippen LogP contribution in [0.2, 0.25) is 0 Å². The number of hydrogen-bond donors (Lipinski definition) is 0. The van der Waals surface area contributed by atoms with Crippen LogP contribution in [0.5, 0.6) is 5.75 Å². The number of fused-ring (bicyclic) bond motifs is 1. The molecule has 110 valence electrons. The summed E-state index contributed by atoms with van der Waals surface area (Å²) in [6.07, 6.45) is 1.98. The molecule has 0 saturated heterocycles. The summed E-state index contributed by atoms with van der Waals surface area (Å²) < 4.78 is 5.98. The number of benzene rings is 2. The van der Waals surface area contributed by atoms with Crippen molar-refractivity contribution in [1.82, 2.24) is 0 Å². The molecule has 0 unspecified atom stereocenters. The van der Waals surface area contributed by atoms with Crippen LogP contribution in [0.25, 0.3) is 11.1 Å². The largest absolute Gasteiger partial charge is 0.493 e. The second kappa shape index (κ2) is 5.62. The van der Waals surface area contributed by atoms with E-state index in [2.05, 4.69) is 61.5 Å². The second-order valence-electron chi connectivity index (χ2n) is 5.73. The summed E-state index contributed by atoms with van der Waals surface area (Å²) >= 11 is 1.87. The first-order valence-electron chi connectivity index (χ1n) is 7.69. The summed E-state index contributed by atoms with van der Waals surface area (Å²) in [5.41, 5.74) is 5.29. The molecule has 2 heterocycles. The van der Waals surface area contributed by atoms with Crippen LogP contribution >= 0.6 is 11.3 Å². The van der Waals surface area contributed by atoms with Gasteiger partial charge in [-0.05, 0) is 35.7 Å². The molecule has 0 atom stereocenters. The number of aryl methyl sites for hydroxylation is 1. The molecule has 3 aromatic rings. The Morgan fingerprint density at radius 2 is 1.86 bits per heavy atom. The van der Waals surface area contributed by atoms with Gasteiger partial charge in [0.2, 0.25) is 0 Å². The Balaban J connectivity index is 1.75. The van der Waals surface area contributed by atoms with E-state index in [4.69, 9.17) is 4.74 Å². The van der Waals surface area contributed by atoms with Gasteiger partial charge in [-0.15, -0.1) is 11.3 Å². The van der Waals surface area contributed by atoms with Gasteiger partial charge in [0.15, 0.2) is 0 Å². The van der Waals surface area contributed by atoms with E-state index in [1.807, 2.05) is 11.3 Å². The molecule has 0 amide bonds. The lowest BCUT2D eigenvalue weighted by molar-refractivity contribution is 0.354. The number of hydrogen-bond acceptors (Lipinski definition) is 2. The molecule has 4 rings (SSSR count). The van der Waals surface area contributed by atoms with Crippen molar-refractivity contribution in [3.05, 3.63) is 75.5 Å². The van der Waals surface area contributed by atoms with Crippen LogP contribution in [0.1, 0.15) is 20.9 Å². The molecule has 1 aliphatic rings. The molecule has 0 spiro atoms. The first-order chi connectivity index (χ1) is 10.8. The van der Waals surface area contributed by atoms with E-state index in [-0.39, 0.29) is 0 Å². The minimum atomic E-state index is 0.801. The van der Waals surface area contributed by atoms with Gasteiger partial charge in [0, 0.05) is 28.2 Å². The molecule has 0 N–H and O–H groups in total. The average Bonchev–Trinajstić information content (AvgIpc) is 3.18. The smallest absolute Gasteiger partial charge is 0.126 e. The SMILES string of the molecule is Cc1ccc(Cc2ccc(-c3ccccc3)c3c2OCC3)s1. The quantitative estimate of drug-likeness (QED) is 0.642. The minimum absolute atomic E-state index is 0.801. The number of rotatable bonds is 3. The highest BCUT2D eigenvalue weighted by Crippen LogP contribution is 2.39. The van der Waals surface area contributed by atoms with E-state index < -0.39 is 0 Å². The van der Waals surface area contributed by atoms with Gasteiger partial charge in [-0.3, -0.25) is 0 Å². The molecule has 2 heteroatoms. The van der Waals surface area contributed by atoms with Gasteiger partial charge in [-0.2, -0.15) is 0 Å². The van der Waals surface area contributed by atoms with Crippen molar-refractivity contribution >= 4 is 11.3 Å². The molecule has 0 radical (unpaired) electrons. The first kappa shape index (κ1) is 13.6. The molecular weight excluding hydrogens is 288 g/mol. The maximum atomic E-state index is 5.98. The molecule has 1 aromatic heterocycles. The third-order valence-electron chi connectivity index (χ3n) is 4.19. The van der Waals surface area contributed by atoms with Gasteiger partial charge in [0.1, 0.15) is 5.75 Å². The van der Waals surface area contributed by atoms with E-state index in [0.717, 1.165) is 25.2 Å². The van der Waals surface area contributed by atoms with Crippen LogP contribution in [0.15, 0.2) is 54.6 Å². The molecule has 0 saturated carbocycles. The normalized spacial score (nSPS) is 13.0. The highest BCUT2D eigenvalue weighted by atomic mass is 32.1. The van der Waals surface area contributed by atoms with Crippen LogP contribution < -0.4 is 4.74 Å². The summed E-state index contributed by atoms with van der Waals surface area (Å²) in [4.78, 5) is 2.77. The fraction of sp³-hybridized carbons (Fsp3) is 0.200. The Labute approximate surface area is 135 Å². The Kier molecular flexibility index (Phi) is 3.47. The summed E-state index contributed by atoms with van der Waals surface area (Å²) in [7, 11) is 0. The van der Waals surface area contributed by atoms with Gasteiger partial charge in [-0.1, -0.05) is 42.5 Å².